The monoisotopic (exact) mass is 485 g/mol. The number of methoxy groups -OCH3 is 1. The van der Waals surface area contributed by atoms with Crippen LogP contribution in [0.5, 0.6) is 5.75 Å². The lowest BCUT2D eigenvalue weighted by atomic mass is 10.2. The number of aromatic amines is 2. The van der Waals surface area contributed by atoms with Crippen molar-refractivity contribution in [3.63, 3.8) is 0 Å². The third-order valence-electron chi connectivity index (χ3n) is 5.32. The normalized spacial score (nSPS) is 16.7. The van der Waals surface area contributed by atoms with Gasteiger partial charge in [-0.25, -0.2) is 9.97 Å². The van der Waals surface area contributed by atoms with Crippen LogP contribution >= 0.6 is 15.9 Å². The molecule has 11 heteroatoms. The maximum atomic E-state index is 13.2. The maximum absolute atomic E-state index is 13.2. The van der Waals surface area contributed by atoms with E-state index in [9.17, 15) is 4.79 Å². The summed E-state index contributed by atoms with van der Waals surface area (Å²) < 4.78 is 11.8. The van der Waals surface area contributed by atoms with Gasteiger partial charge in [-0.1, -0.05) is 0 Å². The highest BCUT2D eigenvalue weighted by Crippen LogP contribution is 2.35. The van der Waals surface area contributed by atoms with E-state index in [0.717, 1.165) is 20.8 Å². The first-order valence-electron chi connectivity index (χ1n) is 9.76. The number of H-pyrrole nitrogens is 2. The van der Waals surface area contributed by atoms with Gasteiger partial charge in [0.05, 0.1) is 49.2 Å². The number of halogens is 1. The van der Waals surface area contributed by atoms with Gasteiger partial charge >= 0.3 is 0 Å². The Kier molecular flexibility index (Phi) is 4.98. The molecule has 1 aliphatic rings. The number of rotatable bonds is 4. The van der Waals surface area contributed by atoms with Gasteiger partial charge in [-0.15, -0.1) is 0 Å². The Balaban J connectivity index is 1.59. The third-order valence-corrected chi connectivity index (χ3v) is 5.94. The summed E-state index contributed by atoms with van der Waals surface area (Å²) in [7, 11) is 1.60. The van der Waals surface area contributed by atoms with Crippen molar-refractivity contribution in [1.82, 2.24) is 30.0 Å². The summed E-state index contributed by atoms with van der Waals surface area (Å²) in [5, 5.41) is 12.0. The molecule has 0 spiro atoms. The first-order chi connectivity index (χ1) is 15.0. The number of hydrogen-bond acceptors (Lipinski definition) is 7. The van der Waals surface area contributed by atoms with E-state index in [1.165, 1.54) is 0 Å². The van der Waals surface area contributed by atoms with Crippen LogP contribution in [0.4, 0.5) is 11.5 Å². The smallest absolute Gasteiger partial charge is 0.292 e. The van der Waals surface area contributed by atoms with E-state index >= 15 is 0 Å². The second kappa shape index (κ2) is 7.82. The number of hydrogen-bond donors (Lipinski definition) is 3. The standard InChI is InChI=1S/C20H20BrN7O3/c1-10-9-31-4-3-28(10)20(29)19-25-17-16(12(21)8-22-17)18(26-19)24-14-5-11-7-23-27-13(11)6-15(14)30-2/h5-8,10H,3-4,9H2,1-2H3,(H,23,27)(H2,22,24,25,26)/t10-/m1/s1. The van der Waals surface area contributed by atoms with Crippen LogP contribution in [0.1, 0.15) is 17.5 Å². The molecular formula is C20H20BrN7O3. The molecule has 1 aromatic carbocycles. The molecule has 160 valence electrons. The van der Waals surface area contributed by atoms with Crippen molar-refractivity contribution >= 4 is 55.3 Å². The van der Waals surface area contributed by atoms with Gasteiger partial charge in [-0.05, 0) is 28.9 Å². The molecule has 10 nitrogen and oxygen atoms in total. The summed E-state index contributed by atoms with van der Waals surface area (Å²) in [6, 6.07) is 3.73. The van der Waals surface area contributed by atoms with Crippen molar-refractivity contribution in [1.29, 1.82) is 0 Å². The van der Waals surface area contributed by atoms with Crippen molar-refractivity contribution in [2.24, 2.45) is 0 Å². The number of fused-ring (bicyclic) bond motifs is 2. The summed E-state index contributed by atoms with van der Waals surface area (Å²) in [5.74, 6) is 0.985. The molecule has 3 aromatic heterocycles. The first-order valence-corrected chi connectivity index (χ1v) is 10.6. The molecule has 1 saturated heterocycles. The van der Waals surface area contributed by atoms with Gasteiger partial charge in [0, 0.05) is 28.7 Å². The average Bonchev–Trinajstić information content (AvgIpc) is 3.39. The van der Waals surface area contributed by atoms with Crippen molar-refractivity contribution in [2.45, 2.75) is 13.0 Å². The number of carbonyl (C=O) groups excluding carboxylic acids is 1. The van der Waals surface area contributed by atoms with Crippen molar-refractivity contribution in [3.05, 3.63) is 34.8 Å². The molecule has 0 aliphatic carbocycles. The number of benzene rings is 1. The minimum atomic E-state index is -0.233. The van der Waals surface area contributed by atoms with Crippen molar-refractivity contribution < 1.29 is 14.3 Å². The van der Waals surface area contributed by atoms with Gasteiger partial charge in [0.1, 0.15) is 17.2 Å². The summed E-state index contributed by atoms with van der Waals surface area (Å²) in [4.78, 5) is 27.1. The van der Waals surface area contributed by atoms with Gasteiger partial charge in [0.15, 0.2) is 0 Å². The Morgan fingerprint density at radius 1 is 1.39 bits per heavy atom. The lowest BCUT2D eigenvalue weighted by Gasteiger charge is -2.32. The van der Waals surface area contributed by atoms with E-state index in [0.29, 0.717) is 42.7 Å². The van der Waals surface area contributed by atoms with Gasteiger partial charge in [0.25, 0.3) is 5.91 Å². The van der Waals surface area contributed by atoms with E-state index in [-0.39, 0.29) is 17.8 Å². The van der Waals surface area contributed by atoms with Crippen LogP contribution in [0, 0.1) is 0 Å². The highest BCUT2D eigenvalue weighted by molar-refractivity contribution is 9.10. The van der Waals surface area contributed by atoms with Crippen LogP contribution in [0.3, 0.4) is 0 Å². The largest absolute Gasteiger partial charge is 0.494 e. The van der Waals surface area contributed by atoms with Crippen LogP contribution in [-0.4, -0.2) is 68.9 Å². The minimum absolute atomic E-state index is 0.0454. The van der Waals surface area contributed by atoms with E-state index in [2.05, 4.69) is 46.4 Å². The van der Waals surface area contributed by atoms with Gasteiger partial charge in [-0.2, -0.15) is 5.10 Å². The molecule has 0 bridgehead atoms. The highest BCUT2D eigenvalue weighted by Gasteiger charge is 2.28. The number of ether oxygens (including phenoxy) is 2. The molecule has 0 radical (unpaired) electrons. The number of amides is 1. The minimum Gasteiger partial charge on any atom is -0.494 e. The van der Waals surface area contributed by atoms with Gasteiger partial charge in [0.2, 0.25) is 5.82 Å². The SMILES string of the molecule is COc1cc2[nH]ncc2cc1Nc1nc(C(=O)N2CCOC[C@H]2C)nc2[nH]cc(Br)c12. The zero-order valence-electron chi connectivity index (χ0n) is 16.9. The molecule has 1 amide bonds. The summed E-state index contributed by atoms with van der Waals surface area (Å²) in [6.45, 7) is 3.45. The van der Waals surface area contributed by atoms with Crippen LogP contribution in [-0.2, 0) is 4.74 Å². The number of nitrogens with one attached hydrogen (secondary N) is 3. The molecular weight excluding hydrogens is 466 g/mol. The lowest BCUT2D eigenvalue weighted by molar-refractivity contribution is 0.00295. The summed E-state index contributed by atoms with van der Waals surface area (Å²) >= 11 is 3.54. The second-order valence-corrected chi connectivity index (χ2v) is 8.17. The molecule has 1 aliphatic heterocycles. The fourth-order valence-corrected chi connectivity index (χ4v) is 4.19. The van der Waals surface area contributed by atoms with Crippen molar-refractivity contribution in [3.8, 4) is 5.75 Å². The van der Waals surface area contributed by atoms with Crippen molar-refractivity contribution in [2.75, 3.05) is 32.2 Å². The number of nitrogens with zero attached hydrogens (tertiary/aromatic N) is 4. The Labute approximate surface area is 185 Å². The predicted molar refractivity (Wildman–Crippen MR) is 119 cm³/mol. The topological polar surface area (TPSA) is 121 Å². The highest BCUT2D eigenvalue weighted by atomic mass is 79.9. The quantitative estimate of drug-likeness (QED) is 0.405. The molecule has 1 fully saturated rings. The molecule has 4 aromatic rings. The van der Waals surface area contributed by atoms with Crippen LogP contribution in [0.25, 0.3) is 21.9 Å². The molecule has 31 heavy (non-hydrogen) atoms. The number of anilines is 2. The summed E-state index contributed by atoms with van der Waals surface area (Å²) in [6.07, 6.45) is 3.50. The number of morpholine rings is 1. The maximum Gasteiger partial charge on any atom is 0.292 e. The molecule has 1 atom stereocenters. The third kappa shape index (κ3) is 3.49. The Bertz CT molecular complexity index is 1280. The van der Waals surface area contributed by atoms with E-state index in [1.54, 1.807) is 24.4 Å². The molecule has 4 heterocycles. The molecule has 3 N–H and O–H groups in total. The van der Waals surface area contributed by atoms with Gasteiger partial charge in [-0.3, -0.25) is 9.89 Å². The first kappa shape index (κ1) is 19.8. The second-order valence-electron chi connectivity index (χ2n) is 7.31. The zero-order valence-corrected chi connectivity index (χ0v) is 18.5. The fourth-order valence-electron chi connectivity index (χ4n) is 3.70. The molecule has 5 rings (SSSR count). The van der Waals surface area contributed by atoms with E-state index in [1.807, 2.05) is 19.1 Å². The van der Waals surface area contributed by atoms with Crippen LogP contribution < -0.4 is 10.1 Å². The number of aromatic nitrogens is 5. The van der Waals surface area contributed by atoms with E-state index in [4.69, 9.17) is 9.47 Å². The fraction of sp³-hybridized carbons (Fsp3) is 0.300. The average molecular weight is 486 g/mol. The van der Waals surface area contributed by atoms with Crippen LogP contribution in [0.2, 0.25) is 0 Å². The number of carbonyl (C=O) groups is 1. The Hall–Kier alpha value is -3.18. The zero-order chi connectivity index (χ0) is 21.5. The molecule has 0 saturated carbocycles. The lowest BCUT2D eigenvalue weighted by Crippen LogP contribution is -2.47. The summed E-state index contributed by atoms with van der Waals surface area (Å²) in [5.41, 5.74) is 2.11. The molecule has 0 unspecified atom stereocenters. The van der Waals surface area contributed by atoms with E-state index < -0.39 is 0 Å². The Morgan fingerprint density at radius 2 is 2.26 bits per heavy atom. The Morgan fingerprint density at radius 3 is 3.06 bits per heavy atom. The predicted octanol–water partition coefficient (Wildman–Crippen LogP) is 3.21. The van der Waals surface area contributed by atoms with Crippen LogP contribution in [0.15, 0.2) is 29.0 Å². The van der Waals surface area contributed by atoms with Gasteiger partial charge < -0.3 is 24.7 Å².